The second-order valence-corrected chi connectivity index (χ2v) is 13.8. The van der Waals surface area contributed by atoms with Crippen molar-refractivity contribution < 1.29 is 9.53 Å². The summed E-state index contributed by atoms with van der Waals surface area (Å²) < 4.78 is 7.52. The van der Waals surface area contributed by atoms with Crippen LogP contribution in [0.5, 0.6) is 0 Å². The smallest absolute Gasteiger partial charge is 0.407 e. The summed E-state index contributed by atoms with van der Waals surface area (Å²) in [7, 11) is 0. The highest BCUT2D eigenvalue weighted by Gasteiger charge is 2.46. The molecule has 0 atom stereocenters. The summed E-state index contributed by atoms with van der Waals surface area (Å²) in [6.45, 7) is 8.71. The molecule has 5 aromatic rings. The maximum Gasteiger partial charge on any atom is 0.407 e. The number of imidazole rings is 1. The molecule has 1 saturated carbocycles. The Kier molecular flexibility index (Phi) is 7.72. The van der Waals surface area contributed by atoms with Crippen LogP contribution in [0, 0.1) is 5.41 Å². The number of piperidine rings is 1. The van der Waals surface area contributed by atoms with E-state index in [2.05, 4.69) is 56.2 Å². The van der Waals surface area contributed by atoms with Gasteiger partial charge in [-0.05, 0) is 107 Å². The van der Waals surface area contributed by atoms with Gasteiger partial charge >= 0.3 is 6.09 Å². The molecule has 4 heterocycles. The van der Waals surface area contributed by atoms with Crippen LogP contribution < -0.4 is 11.1 Å². The number of nitrogens with one attached hydrogen (secondary N) is 1. The zero-order valence-electron chi connectivity index (χ0n) is 26.7. The predicted molar refractivity (Wildman–Crippen MR) is 181 cm³/mol. The molecule has 46 heavy (non-hydrogen) atoms. The molecule has 1 saturated heterocycles. The van der Waals surface area contributed by atoms with Gasteiger partial charge in [0.15, 0.2) is 11.5 Å². The Balaban J connectivity index is 1.07. The van der Waals surface area contributed by atoms with Crippen LogP contribution in [0.3, 0.4) is 0 Å². The van der Waals surface area contributed by atoms with E-state index in [9.17, 15) is 4.79 Å². The van der Waals surface area contributed by atoms with Crippen LogP contribution in [0.1, 0.15) is 52.0 Å². The summed E-state index contributed by atoms with van der Waals surface area (Å²) in [6, 6.07) is 27.0. The third-order valence-electron chi connectivity index (χ3n) is 9.25. The molecular weight excluding hydrogens is 574 g/mol. The lowest BCUT2D eigenvalue weighted by Gasteiger charge is -2.52. The molecule has 9 nitrogen and oxygen atoms in total. The molecule has 1 aliphatic heterocycles. The number of hydrogen-bond donors (Lipinski definition) is 2. The van der Waals surface area contributed by atoms with E-state index in [4.69, 9.17) is 20.4 Å². The van der Waals surface area contributed by atoms with Crippen LogP contribution in [-0.2, 0) is 11.3 Å². The van der Waals surface area contributed by atoms with Gasteiger partial charge in [-0.2, -0.15) is 0 Å². The predicted octanol–water partition coefficient (Wildman–Crippen LogP) is 7.00. The maximum atomic E-state index is 12.2. The van der Waals surface area contributed by atoms with Crippen LogP contribution in [-0.4, -0.2) is 55.2 Å². The summed E-state index contributed by atoms with van der Waals surface area (Å²) in [5, 5.41) is 3.06. The SMILES string of the molecule is CC(C)(C)OC(=O)NC1CC2(CCN(Cc3ccc(-n4c(-c5cccnc5N)nc5ccc(-c6ccccc6)nc54)cc3)CC2)C1. The number of aromatic nitrogens is 4. The number of anilines is 1. The number of hydrogen-bond acceptors (Lipinski definition) is 7. The molecular formula is C37H41N7O2. The number of nitrogen functional groups attached to an aromatic ring is 1. The van der Waals surface area contributed by atoms with Crippen molar-refractivity contribution in [2.45, 2.75) is 64.6 Å². The van der Waals surface area contributed by atoms with Gasteiger partial charge in [0, 0.05) is 30.0 Å². The number of nitrogens with zero attached hydrogens (tertiary/aromatic N) is 5. The number of alkyl carbamates (subject to hydrolysis) is 1. The zero-order chi connectivity index (χ0) is 31.9. The lowest BCUT2D eigenvalue weighted by molar-refractivity contribution is -0.00418. The Morgan fingerprint density at radius 3 is 2.39 bits per heavy atom. The van der Waals surface area contributed by atoms with Crippen LogP contribution in [0.15, 0.2) is 85.1 Å². The molecule has 2 fully saturated rings. The molecule has 0 unspecified atom stereocenters. The zero-order valence-corrected chi connectivity index (χ0v) is 26.7. The first-order chi connectivity index (χ1) is 22.1. The number of rotatable bonds is 6. The molecule has 7 rings (SSSR count). The topological polar surface area (TPSA) is 111 Å². The molecule has 3 aromatic heterocycles. The number of carbonyl (C=O) groups is 1. The number of likely N-dealkylation sites (tertiary alicyclic amines) is 1. The molecule has 2 aliphatic rings. The van der Waals surface area contributed by atoms with E-state index in [1.54, 1.807) is 6.20 Å². The molecule has 9 heteroatoms. The van der Waals surface area contributed by atoms with E-state index in [0.717, 1.165) is 79.0 Å². The van der Waals surface area contributed by atoms with Gasteiger partial charge < -0.3 is 15.8 Å². The van der Waals surface area contributed by atoms with Gasteiger partial charge in [0.2, 0.25) is 0 Å². The number of benzene rings is 2. The van der Waals surface area contributed by atoms with Crippen molar-refractivity contribution in [3.8, 4) is 28.3 Å². The summed E-state index contributed by atoms with van der Waals surface area (Å²) >= 11 is 0. The van der Waals surface area contributed by atoms with Crippen molar-refractivity contribution in [1.29, 1.82) is 0 Å². The summed E-state index contributed by atoms with van der Waals surface area (Å²) in [5.41, 5.74) is 12.7. The van der Waals surface area contributed by atoms with E-state index < -0.39 is 5.60 Å². The summed E-state index contributed by atoms with van der Waals surface area (Å²) in [6.07, 6.45) is 5.78. The summed E-state index contributed by atoms with van der Waals surface area (Å²) in [5.74, 6) is 1.15. The number of nitrogens with two attached hydrogens (primary N) is 1. The van der Waals surface area contributed by atoms with E-state index >= 15 is 0 Å². The van der Waals surface area contributed by atoms with Crippen LogP contribution >= 0.6 is 0 Å². The number of amides is 1. The number of carbonyl (C=O) groups excluding carboxylic acids is 1. The third-order valence-corrected chi connectivity index (χ3v) is 9.25. The van der Waals surface area contributed by atoms with E-state index in [1.165, 1.54) is 5.56 Å². The van der Waals surface area contributed by atoms with Gasteiger partial charge in [-0.15, -0.1) is 0 Å². The van der Waals surface area contributed by atoms with Gasteiger partial charge in [-0.25, -0.2) is 19.7 Å². The first-order valence-corrected chi connectivity index (χ1v) is 16.1. The Labute approximate surface area is 269 Å². The third kappa shape index (κ3) is 6.20. The van der Waals surface area contributed by atoms with Gasteiger partial charge in [0.1, 0.15) is 16.9 Å². The normalized spacial score (nSPS) is 16.8. The number of fused-ring (bicyclic) bond motifs is 1. The van der Waals surface area contributed by atoms with Crippen LogP contribution in [0.4, 0.5) is 10.6 Å². The van der Waals surface area contributed by atoms with E-state index in [1.807, 2.05) is 63.2 Å². The highest BCUT2D eigenvalue weighted by atomic mass is 16.6. The highest BCUT2D eigenvalue weighted by Crippen LogP contribution is 2.49. The molecule has 0 bridgehead atoms. The molecule has 1 aliphatic carbocycles. The average molecular weight is 616 g/mol. The lowest BCUT2D eigenvalue weighted by Crippen LogP contribution is -2.55. The highest BCUT2D eigenvalue weighted by molar-refractivity contribution is 5.84. The fourth-order valence-electron chi connectivity index (χ4n) is 6.92. The Bertz CT molecular complexity index is 1850. The second kappa shape index (κ2) is 11.9. The van der Waals surface area contributed by atoms with E-state index in [-0.39, 0.29) is 12.1 Å². The number of pyridine rings is 2. The second-order valence-electron chi connectivity index (χ2n) is 13.8. The Hall–Kier alpha value is -4.76. The summed E-state index contributed by atoms with van der Waals surface area (Å²) in [4.78, 5) is 29.1. The maximum absolute atomic E-state index is 12.2. The molecule has 0 radical (unpaired) electrons. The van der Waals surface area contributed by atoms with Gasteiger partial charge in [-0.3, -0.25) is 9.47 Å². The van der Waals surface area contributed by atoms with Gasteiger partial charge in [0.05, 0.1) is 11.3 Å². The van der Waals surface area contributed by atoms with Crippen molar-refractivity contribution >= 4 is 23.1 Å². The fourth-order valence-corrected chi connectivity index (χ4v) is 6.92. The molecule has 3 N–H and O–H groups in total. The van der Waals surface area contributed by atoms with Crippen molar-refractivity contribution in [3.63, 3.8) is 0 Å². The Morgan fingerprint density at radius 1 is 0.957 bits per heavy atom. The molecule has 1 amide bonds. The van der Waals surface area contributed by atoms with Gasteiger partial charge in [0.25, 0.3) is 0 Å². The molecule has 236 valence electrons. The van der Waals surface area contributed by atoms with E-state index in [0.29, 0.717) is 17.1 Å². The monoisotopic (exact) mass is 615 g/mol. The Morgan fingerprint density at radius 2 is 1.70 bits per heavy atom. The van der Waals surface area contributed by atoms with Crippen molar-refractivity contribution in [2.24, 2.45) is 5.41 Å². The minimum absolute atomic E-state index is 0.221. The van der Waals surface area contributed by atoms with Crippen LogP contribution in [0.25, 0.3) is 39.5 Å². The standard InChI is InChI=1S/C37H41N7O2/c1-36(2,3)46-35(45)40-27-22-37(23-27)17-20-43(21-18-37)24-25-11-13-28(14-12-25)44-33(29-10-7-19-39-32(29)38)42-31-16-15-30(41-34(31)44)26-8-5-4-6-9-26/h4-16,19,27H,17-18,20-24H2,1-3H3,(H2,38,39)(H,40,45). The number of ether oxygens (including phenoxy) is 1. The first-order valence-electron chi connectivity index (χ1n) is 16.1. The molecule has 1 spiro atoms. The average Bonchev–Trinajstić information content (AvgIpc) is 3.40. The lowest BCUT2D eigenvalue weighted by atomic mass is 9.60. The molecule has 2 aromatic carbocycles. The van der Waals surface area contributed by atoms with Gasteiger partial charge in [-0.1, -0.05) is 42.5 Å². The quantitative estimate of drug-likeness (QED) is 0.212. The van der Waals surface area contributed by atoms with Crippen molar-refractivity contribution in [3.05, 3.63) is 90.6 Å². The van der Waals surface area contributed by atoms with Crippen molar-refractivity contribution in [1.82, 2.24) is 29.7 Å². The minimum Gasteiger partial charge on any atom is -0.444 e. The minimum atomic E-state index is -0.472. The first kappa shape index (κ1) is 29.9. The largest absolute Gasteiger partial charge is 0.444 e. The van der Waals surface area contributed by atoms with Crippen LogP contribution in [0.2, 0.25) is 0 Å². The fraction of sp³-hybridized carbons (Fsp3) is 0.351. The van der Waals surface area contributed by atoms with Crippen molar-refractivity contribution in [2.75, 3.05) is 18.8 Å².